The molecule has 0 radical (unpaired) electrons. The summed E-state index contributed by atoms with van der Waals surface area (Å²) in [5.74, 6) is 1.56. The van der Waals surface area contributed by atoms with Crippen LogP contribution in [-0.4, -0.2) is 51.4 Å². The van der Waals surface area contributed by atoms with Gasteiger partial charge < -0.3 is 9.47 Å². The molecule has 9 heteroatoms. The van der Waals surface area contributed by atoms with Crippen molar-refractivity contribution in [3.8, 4) is 17.2 Å². The average Bonchev–Trinajstić information content (AvgIpc) is 3.60. The zero-order chi connectivity index (χ0) is 24.9. The standard InChI is InChI=1S/C27H25N5O3S/c1-34-22-13-11-20(12-14-22)25-16-24(19-7-4-3-5-8-19)30-32(25)26(33)17-36-27-29-28-18-31(27)21-9-6-10-23(15-21)35-2/h3-15,18,25H,16-17H2,1-2H3. The van der Waals surface area contributed by atoms with Gasteiger partial charge in [-0.15, -0.1) is 10.2 Å². The number of benzene rings is 3. The number of ether oxygens (including phenoxy) is 2. The average molecular weight is 500 g/mol. The maximum Gasteiger partial charge on any atom is 0.253 e. The molecular formula is C27H25N5O3S. The van der Waals surface area contributed by atoms with Crippen LogP contribution in [0.4, 0.5) is 0 Å². The monoisotopic (exact) mass is 499 g/mol. The molecule has 8 nitrogen and oxygen atoms in total. The zero-order valence-corrected chi connectivity index (χ0v) is 20.8. The highest BCUT2D eigenvalue weighted by Crippen LogP contribution is 2.34. The Morgan fingerprint density at radius 2 is 1.75 bits per heavy atom. The molecule has 0 aliphatic carbocycles. The lowest BCUT2D eigenvalue weighted by Crippen LogP contribution is -2.28. The second-order valence-corrected chi connectivity index (χ2v) is 9.06. The van der Waals surface area contributed by atoms with E-state index in [-0.39, 0.29) is 17.7 Å². The van der Waals surface area contributed by atoms with E-state index in [0.717, 1.165) is 34.0 Å². The summed E-state index contributed by atoms with van der Waals surface area (Å²) in [4.78, 5) is 13.5. The molecule has 4 aromatic rings. The summed E-state index contributed by atoms with van der Waals surface area (Å²) in [7, 11) is 3.26. The topological polar surface area (TPSA) is 81.8 Å². The van der Waals surface area contributed by atoms with Gasteiger partial charge in [-0.05, 0) is 35.4 Å². The lowest BCUT2D eigenvalue weighted by molar-refractivity contribution is -0.130. The fourth-order valence-corrected chi connectivity index (χ4v) is 4.87. The van der Waals surface area contributed by atoms with E-state index in [1.165, 1.54) is 11.8 Å². The fraction of sp³-hybridized carbons (Fsp3) is 0.185. The van der Waals surface area contributed by atoms with Crippen molar-refractivity contribution in [2.24, 2.45) is 5.10 Å². The van der Waals surface area contributed by atoms with Gasteiger partial charge in [0.2, 0.25) is 0 Å². The first-order valence-electron chi connectivity index (χ1n) is 11.4. The number of nitrogens with zero attached hydrogens (tertiary/aromatic N) is 5. The smallest absolute Gasteiger partial charge is 0.253 e. The summed E-state index contributed by atoms with van der Waals surface area (Å²) < 4.78 is 12.5. The number of rotatable bonds is 8. The van der Waals surface area contributed by atoms with E-state index in [4.69, 9.17) is 14.6 Å². The van der Waals surface area contributed by atoms with E-state index in [9.17, 15) is 4.79 Å². The maximum absolute atomic E-state index is 13.5. The van der Waals surface area contributed by atoms with Crippen LogP contribution in [0.25, 0.3) is 5.69 Å². The van der Waals surface area contributed by atoms with Crippen molar-refractivity contribution < 1.29 is 14.3 Å². The normalized spacial score (nSPS) is 15.0. The Hall–Kier alpha value is -4.11. The Kier molecular flexibility index (Phi) is 6.99. The molecule has 1 atom stereocenters. The van der Waals surface area contributed by atoms with Crippen molar-refractivity contribution in [2.75, 3.05) is 20.0 Å². The molecule has 1 amide bonds. The van der Waals surface area contributed by atoms with Gasteiger partial charge in [-0.3, -0.25) is 9.36 Å². The molecule has 5 rings (SSSR count). The molecule has 0 saturated heterocycles. The summed E-state index contributed by atoms with van der Waals surface area (Å²) >= 11 is 1.33. The summed E-state index contributed by atoms with van der Waals surface area (Å²) in [5, 5.41) is 15.2. The van der Waals surface area contributed by atoms with E-state index in [0.29, 0.717) is 11.6 Å². The number of thioether (sulfide) groups is 1. The van der Waals surface area contributed by atoms with Gasteiger partial charge >= 0.3 is 0 Å². The Bertz CT molecular complexity index is 1370. The minimum Gasteiger partial charge on any atom is -0.497 e. The van der Waals surface area contributed by atoms with Crippen LogP contribution < -0.4 is 9.47 Å². The number of carbonyl (C=O) groups excluding carboxylic acids is 1. The van der Waals surface area contributed by atoms with Gasteiger partial charge in [0.05, 0.1) is 37.4 Å². The lowest BCUT2D eigenvalue weighted by Gasteiger charge is -2.22. The predicted molar refractivity (Wildman–Crippen MR) is 139 cm³/mol. The minimum absolute atomic E-state index is 0.105. The molecule has 0 N–H and O–H groups in total. The third kappa shape index (κ3) is 4.96. The van der Waals surface area contributed by atoms with Gasteiger partial charge in [0.25, 0.3) is 5.91 Å². The fourth-order valence-electron chi connectivity index (χ4n) is 4.08. The third-order valence-corrected chi connectivity index (χ3v) is 6.87. The largest absolute Gasteiger partial charge is 0.497 e. The number of aromatic nitrogens is 3. The van der Waals surface area contributed by atoms with Crippen molar-refractivity contribution >= 4 is 23.4 Å². The Morgan fingerprint density at radius 1 is 0.972 bits per heavy atom. The highest BCUT2D eigenvalue weighted by molar-refractivity contribution is 7.99. The Morgan fingerprint density at radius 3 is 2.50 bits per heavy atom. The summed E-state index contributed by atoms with van der Waals surface area (Å²) in [6, 6.07) is 25.2. The Labute approximate surface area is 213 Å². The summed E-state index contributed by atoms with van der Waals surface area (Å²) in [6.45, 7) is 0. The van der Waals surface area contributed by atoms with Crippen LogP contribution in [0.5, 0.6) is 11.5 Å². The second-order valence-electron chi connectivity index (χ2n) is 8.12. The molecule has 1 aliphatic heterocycles. The summed E-state index contributed by atoms with van der Waals surface area (Å²) in [6.07, 6.45) is 2.26. The molecule has 0 bridgehead atoms. The number of methoxy groups -OCH3 is 2. The van der Waals surface area contributed by atoms with Gasteiger partial charge in [0, 0.05) is 12.5 Å². The molecular weight excluding hydrogens is 474 g/mol. The quantitative estimate of drug-likeness (QED) is 0.325. The van der Waals surface area contributed by atoms with Gasteiger partial charge in [0.15, 0.2) is 5.16 Å². The van der Waals surface area contributed by atoms with E-state index in [1.54, 1.807) is 25.6 Å². The highest BCUT2D eigenvalue weighted by atomic mass is 32.2. The second kappa shape index (κ2) is 10.7. The maximum atomic E-state index is 13.5. The van der Waals surface area contributed by atoms with Gasteiger partial charge in [-0.1, -0.05) is 60.3 Å². The number of carbonyl (C=O) groups is 1. The molecule has 1 aliphatic rings. The van der Waals surface area contributed by atoms with E-state index < -0.39 is 0 Å². The van der Waals surface area contributed by atoms with E-state index in [2.05, 4.69) is 10.2 Å². The molecule has 1 unspecified atom stereocenters. The third-order valence-electron chi connectivity index (χ3n) is 5.95. The molecule has 3 aromatic carbocycles. The van der Waals surface area contributed by atoms with Crippen LogP contribution in [0.1, 0.15) is 23.6 Å². The summed E-state index contributed by atoms with van der Waals surface area (Å²) in [5.41, 5.74) is 3.75. The number of hydrogen-bond donors (Lipinski definition) is 0. The number of amides is 1. The number of hydrazone groups is 1. The van der Waals surface area contributed by atoms with Crippen LogP contribution >= 0.6 is 11.8 Å². The van der Waals surface area contributed by atoms with Crippen molar-refractivity contribution in [3.63, 3.8) is 0 Å². The van der Waals surface area contributed by atoms with Crippen molar-refractivity contribution in [1.82, 2.24) is 19.8 Å². The van der Waals surface area contributed by atoms with E-state index >= 15 is 0 Å². The molecule has 0 saturated carbocycles. The zero-order valence-electron chi connectivity index (χ0n) is 19.9. The molecule has 0 spiro atoms. The molecule has 36 heavy (non-hydrogen) atoms. The molecule has 2 heterocycles. The van der Waals surface area contributed by atoms with Crippen molar-refractivity contribution in [1.29, 1.82) is 0 Å². The van der Waals surface area contributed by atoms with Gasteiger partial charge in [-0.2, -0.15) is 5.10 Å². The molecule has 182 valence electrons. The van der Waals surface area contributed by atoms with Crippen LogP contribution in [0.2, 0.25) is 0 Å². The molecule has 1 aromatic heterocycles. The lowest BCUT2D eigenvalue weighted by atomic mass is 9.98. The highest BCUT2D eigenvalue weighted by Gasteiger charge is 2.33. The van der Waals surface area contributed by atoms with Crippen molar-refractivity contribution in [2.45, 2.75) is 17.6 Å². The van der Waals surface area contributed by atoms with E-state index in [1.807, 2.05) is 83.4 Å². The molecule has 0 fully saturated rings. The Balaban J connectivity index is 1.37. The van der Waals surface area contributed by atoms with Crippen LogP contribution in [-0.2, 0) is 4.79 Å². The van der Waals surface area contributed by atoms with Crippen molar-refractivity contribution in [3.05, 3.63) is 96.3 Å². The van der Waals surface area contributed by atoms with Crippen LogP contribution in [0.15, 0.2) is 95.4 Å². The van der Waals surface area contributed by atoms with Crippen LogP contribution in [0.3, 0.4) is 0 Å². The number of hydrogen-bond acceptors (Lipinski definition) is 7. The first kappa shape index (κ1) is 23.6. The first-order valence-corrected chi connectivity index (χ1v) is 12.4. The van der Waals surface area contributed by atoms with Gasteiger partial charge in [-0.25, -0.2) is 5.01 Å². The first-order chi connectivity index (χ1) is 17.7. The van der Waals surface area contributed by atoms with Crippen LogP contribution in [0, 0.1) is 0 Å². The SMILES string of the molecule is COc1ccc(C2CC(c3ccccc3)=NN2C(=O)CSc2nncn2-c2cccc(OC)c2)cc1. The van der Waals surface area contributed by atoms with Gasteiger partial charge in [0.1, 0.15) is 17.8 Å². The minimum atomic E-state index is -0.199. The predicted octanol–water partition coefficient (Wildman–Crippen LogP) is 4.75.